The number of hydrogen-bond donors (Lipinski definition) is 0. The van der Waals surface area contributed by atoms with E-state index in [1.807, 2.05) is 24.3 Å². The van der Waals surface area contributed by atoms with Gasteiger partial charge in [0.2, 0.25) is 0 Å². The van der Waals surface area contributed by atoms with Crippen LogP contribution in [0.25, 0.3) is 0 Å². The number of aromatic nitrogens is 1. The van der Waals surface area contributed by atoms with E-state index in [1.165, 1.54) is 16.0 Å². The molecule has 4 heteroatoms. The highest BCUT2D eigenvalue weighted by molar-refractivity contribution is 7.99. The van der Waals surface area contributed by atoms with E-state index < -0.39 is 0 Å². The first-order valence-electron chi connectivity index (χ1n) is 8.10. The van der Waals surface area contributed by atoms with Crippen molar-refractivity contribution in [3.8, 4) is 0 Å². The lowest BCUT2D eigenvalue weighted by Gasteiger charge is -2.02. The van der Waals surface area contributed by atoms with Crippen LogP contribution in [0.2, 0.25) is 0 Å². The van der Waals surface area contributed by atoms with Gasteiger partial charge in [-0.1, -0.05) is 64.4 Å². The van der Waals surface area contributed by atoms with Crippen LogP contribution in [0.5, 0.6) is 0 Å². The predicted octanol–water partition coefficient (Wildman–Crippen LogP) is 5.40. The normalized spacial score (nSPS) is 11.0. The first-order valence-corrected chi connectivity index (χ1v) is 8.92. The van der Waals surface area contributed by atoms with Crippen LogP contribution < -0.4 is 0 Å². The fourth-order valence-corrected chi connectivity index (χ4v) is 2.90. The van der Waals surface area contributed by atoms with Crippen LogP contribution in [-0.4, -0.2) is 11.2 Å². The second-order valence-corrected chi connectivity index (χ2v) is 6.93. The van der Waals surface area contributed by atoms with Crippen molar-refractivity contribution in [1.82, 2.24) is 4.98 Å². The lowest BCUT2D eigenvalue weighted by molar-refractivity contribution is 0.132. The van der Waals surface area contributed by atoms with E-state index in [2.05, 4.69) is 60.4 Å². The van der Waals surface area contributed by atoms with E-state index in [0.29, 0.717) is 6.61 Å². The van der Waals surface area contributed by atoms with Crippen molar-refractivity contribution in [3.63, 3.8) is 0 Å². The molecule has 0 fully saturated rings. The first kappa shape index (κ1) is 17.2. The molecule has 0 bridgehead atoms. The van der Waals surface area contributed by atoms with Gasteiger partial charge in [0.1, 0.15) is 11.6 Å². The quantitative estimate of drug-likeness (QED) is 0.442. The van der Waals surface area contributed by atoms with Crippen LogP contribution >= 0.6 is 11.8 Å². The third-order valence-corrected chi connectivity index (χ3v) is 4.59. The van der Waals surface area contributed by atoms with Crippen LogP contribution in [0.1, 0.15) is 22.3 Å². The molecule has 1 aromatic heterocycles. The largest absolute Gasteiger partial charge is 0.391 e. The topological polar surface area (TPSA) is 34.5 Å². The van der Waals surface area contributed by atoms with Crippen LogP contribution in [-0.2, 0) is 11.4 Å². The highest BCUT2D eigenvalue weighted by Gasteiger charge is 1.99. The van der Waals surface area contributed by atoms with Crippen LogP contribution in [0, 0.1) is 13.8 Å². The molecular weight excluding hydrogens is 328 g/mol. The van der Waals surface area contributed by atoms with Gasteiger partial charge in [-0.15, -0.1) is 0 Å². The Bertz CT molecular complexity index is 825. The number of hydrogen-bond acceptors (Lipinski definition) is 4. The fourth-order valence-electron chi connectivity index (χ4n) is 2.15. The molecule has 3 rings (SSSR count). The summed E-state index contributed by atoms with van der Waals surface area (Å²) < 4.78 is 0. The molecule has 3 nitrogen and oxygen atoms in total. The molecule has 0 aliphatic carbocycles. The van der Waals surface area contributed by atoms with Crippen LogP contribution in [0.4, 0.5) is 0 Å². The summed E-state index contributed by atoms with van der Waals surface area (Å²) in [6, 6.07) is 20.6. The Morgan fingerprint density at radius 3 is 2.24 bits per heavy atom. The number of aryl methyl sites for hydroxylation is 2. The molecule has 0 aliphatic rings. The van der Waals surface area contributed by atoms with Crippen LogP contribution in [0.3, 0.4) is 0 Å². The Labute approximate surface area is 152 Å². The monoisotopic (exact) mass is 348 g/mol. The lowest BCUT2D eigenvalue weighted by Crippen LogP contribution is -1.89. The second kappa shape index (κ2) is 8.49. The van der Waals surface area contributed by atoms with E-state index >= 15 is 0 Å². The Balaban J connectivity index is 1.51. The summed E-state index contributed by atoms with van der Waals surface area (Å²) in [6.45, 7) is 4.61. The van der Waals surface area contributed by atoms with E-state index in [4.69, 9.17) is 4.84 Å². The molecule has 0 N–H and O–H groups in total. The zero-order chi connectivity index (χ0) is 17.5. The van der Waals surface area contributed by atoms with Gasteiger partial charge in [-0.2, -0.15) is 0 Å². The van der Waals surface area contributed by atoms with E-state index in [9.17, 15) is 0 Å². The third-order valence-electron chi connectivity index (χ3n) is 3.63. The van der Waals surface area contributed by atoms with Gasteiger partial charge < -0.3 is 4.84 Å². The molecule has 2 aromatic carbocycles. The molecule has 0 amide bonds. The van der Waals surface area contributed by atoms with Gasteiger partial charge in [0, 0.05) is 16.7 Å². The summed E-state index contributed by atoms with van der Waals surface area (Å²) >= 11 is 1.64. The average Bonchev–Trinajstić information content (AvgIpc) is 2.63. The summed E-state index contributed by atoms with van der Waals surface area (Å²) in [5, 5.41) is 4.97. The second-order valence-electron chi connectivity index (χ2n) is 5.84. The summed E-state index contributed by atoms with van der Waals surface area (Å²) in [5.41, 5.74) is 4.51. The minimum atomic E-state index is 0.464. The number of benzene rings is 2. The molecule has 0 aliphatic heterocycles. The highest BCUT2D eigenvalue weighted by Crippen LogP contribution is 2.25. The van der Waals surface area contributed by atoms with Crippen molar-refractivity contribution in [1.29, 1.82) is 0 Å². The van der Waals surface area contributed by atoms with Crippen molar-refractivity contribution in [2.24, 2.45) is 5.16 Å². The molecule has 0 atom stereocenters. The van der Waals surface area contributed by atoms with E-state index in [1.54, 1.807) is 24.2 Å². The molecular formula is C21H20N2OS. The molecule has 3 aromatic rings. The van der Waals surface area contributed by atoms with Crippen LogP contribution in [0.15, 0.2) is 81.9 Å². The van der Waals surface area contributed by atoms with Gasteiger partial charge in [-0.05, 0) is 43.7 Å². The number of nitrogens with zero attached hydrogens (tertiary/aromatic N) is 2. The van der Waals surface area contributed by atoms with Crippen molar-refractivity contribution >= 4 is 18.0 Å². The molecule has 1 heterocycles. The summed E-state index contributed by atoms with van der Waals surface area (Å²) in [6.07, 6.45) is 3.48. The van der Waals surface area contributed by atoms with Gasteiger partial charge in [0.25, 0.3) is 0 Å². The zero-order valence-corrected chi connectivity index (χ0v) is 15.2. The lowest BCUT2D eigenvalue weighted by atomic mass is 10.2. The Morgan fingerprint density at radius 1 is 0.920 bits per heavy atom. The maximum atomic E-state index is 5.34. The molecule has 0 radical (unpaired) electrons. The SMILES string of the molecule is Cc1ccc(CO/N=C/c2ccc(Sc3ccc(C)cc3)nc2)cc1. The molecule has 0 saturated carbocycles. The minimum absolute atomic E-state index is 0.464. The van der Waals surface area contributed by atoms with E-state index in [0.717, 1.165) is 16.2 Å². The van der Waals surface area contributed by atoms with Crippen molar-refractivity contribution in [3.05, 3.63) is 89.1 Å². The average molecular weight is 348 g/mol. The van der Waals surface area contributed by atoms with E-state index in [-0.39, 0.29) is 0 Å². The highest BCUT2D eigenvalue weighted by atomic mass is 32.2. The van der Waals surface area contributed by atoms with Gasteiger partial charge in [0.15, 0.2) is 0 Å². The van der Waals surface area contributed by atoms with Gasteiger partial charge in [0.05, 0.1) is 6.21 Å². The minimum Gasteiger partial charge on any atom is -0.391 e. The zero-order valence-electron chi connectivity index (χ0n) is 14.3. The van der Waals surface area contributed by atoms with Gasteiger partial charge >= 0.3 is 0 Å². The predicted molar refractivity (Wildman–Crippen MR) is 103 cm³/mol. The molecule has 0 unspecified atom stereocenters. The third kappa shape index (κ3) is 5.47. The first-order chi connectivity index (χ1) is 12.2. The number of oxime groups is 1. The van der Waals surface area contributed by atoms with Gasteiger partial charge in [-0.3, -0.25) is 0 Å². The number of rotatable bonds is 6. The Hall–Kier alpha value is -2.59. The Kier molecular flexibility index (Phi) is 5.86. The van der Waals surface area contributed by atoms with Gasteiger partial charge in [-0.25, -0.2) is 4.98 Å². The molecule has 0 spiro atoms. The number of pyridine rings is 1. The fraction of sp³-hybridized carbons (Fsp3) is 0.143. The Morgan fingerprint density at radius 2 is 1.60 bits per heavy atom. The summed E-state index contributed by atoms with van der Waals surface area (Å²) in [5.74, 6) is 0. The standard InChI is InChI=1S/C21H20N2OS/c1-16-3-7-18(8-4-16)15-24-23-14-19-9-12-21(22-13-19)25-20-10-5-17(2)6-11-20/h3-14H,15H2,1-2H3/b23-14+. The molecule has 25 heavy (non-hydrogen) atoms. The molecule has 0 saturated heterocycles. The smallest absolute Gasteiger partial charge is 0.142 e. The maximum Gasteiger partial charge on any atom is 0.142 e. The summed E-state index contributed by atoms with van der Waals surface area (Å²) in [7, 11) is 0. The van der Waals surface area contributed by atoms with Crippen molar-refractivity contribution in [2.75, 3.05) is 0 Å². The molecule has 126 valence electrons. The maximum absolute atomic E-state index is 5.34. The van der Waals surface area contributed by atoms with Crippen molar-refractivity contribution < 1.29 is 4.84 Å². The van der Waals surface area contributed by atoms with Crippen molar-refractivity contribution in [2.45, 2.75) is 30.4 Å². The summed E-state index contributed by atoms with van der Waals surface area (Å²) in [4.78, 5) is 11.0.